The molecule has 1 aromatic heterocycles. The van der Waals surface area contributed by atoms with Crippen LogP contribution in [0.3, 0.4) is 0 Å². The number of rotatable bonds is 4. The summed E-state index contributed by atoms with van der Waals surface area (Å²) in [5.41, 5.74) is 5.05. The monoisotopic (exact) mass is 296 g/mol. The van der Waals surface area contributed by atoms with Crippen molar-refractivity contribution in [2.45, 2.75) is 13.8 Å². The SMILES string of the molecule is Cc1ccccc1N1CCN(C/C=C/c2cn[nH]c2C)CC1. The minimum atomic E-state index is 1.01. The number of hydrogen-bond acceptors (Lipinski definition) is 3. The summed E-state index contributed by atoms with van der Waals surface area (Å²) in [5, 5.41) is 7.01. The summed E-state index contributed by atoms with van der Waals surface area (Å²) in [6, 6.07) is 8.66. The summed E-state index contributed by atoms with van der Waals surface area (Å²) in [4.78, 5) is 5.00. The fourth-order valence-electron chi connectivity index (χ4n) is 2.95. The highest BCUT2D eigenvalue weighted by atomic mass is 15.3. The van der Waals surface area contributed by atoms with Crippen LogP contribution in [0.4, 0.5) is 5.69 Å². The van der Waals surface area contributed by atoms with E-state index in [1.54, 1.807) is 0 Å². The predicted molar refractivity (Wildman–Crippen MR) is 92.2 cm³/mol. The van der Waals surface area contributed by atoms with Crippen LogP contribution in [0.1, 0.15) is 16.8 Å². The van der Waals surface area contributed by atoms with Crippen LogP contribution in [-0.2, 0) is 0 Å². The zero-order valence-corrected chi connectivity index (χ0v) is 13.4. The molecular formula is C18H24N4. The van der Waals surface area contributed by atoms with Gasteiger partial charge in [0.2, 0.25) is 0 Å². The maximum atomic E-state index is 4.04. The van der Waals surface area contributed by atoms with Gasteiger partial charge in [-0.15, -0.1) is 0 Å². The smallest absolute Gasteiger partial charge is 0.0562 e. The van der Waals surface area contributed by atoms with Crippen LogP contribution in [0.5, 0.6) is 0 Å². The minimum absolute atomic E-state index is 1.01. The van der Waals surface area contributed by atoms with Gasteiger partial charge >= 0.3 is 0 Å². The third-order valence-corrected chi connectivity index (χ3v) is 4.36. The first-order valence-electron chi connectivity index (χ1n) is 7.93. The van der Waals surface area contributed by atoms with Crippen LogP contribution < -0.4 is 4.90 Å². The quantitative estimate of drug-likeness (QED) is 0.942. The first kappa shape index (κ1) is 14.9. The molecule has 0 aliphatic carbocycles. The Labute approximate surface area is 132 Å². The molecule has 0 unspecified atom stereocenters. The van der Waals surface area contributed by atoms with E-state index in [2.05, 4.69) is 63.3 Å². The van der Waals surface area contributed by atoms with Gasteiger partial charge in [-0.2, -0.15) is 5.10 Å². The van der Waals surface area contributed by atoms with Crippen molar-refractivity contribution in [1.29, 1.82) is 0 Å². The number of nitrogens with one attached hydrogen (secondary N) is 1. The van der Waals surface area contributed by atoms with E-state index in [-0.39, 0.29) is 0 Å². The maximum absolute atomic E-state index is 4.04. The number of benzene rings is 1. The van der Waals surface area contributed by atoms with Crippen LogP contribution in [-0.4, -0.2) is 47.8 Å². The van der Waals surface area contributed by atoms with Crippen molar-refractivity contribution in [2.75, 3.05) is 37.6 Å². The summed E-state index contributed by atoms with van der Waals surface area (Å²) in [6.45, 7) is 9.68. The molecule has 3 rings (SSSR count). The van der Waals surface area contributed by atoms with Gasteiger partial charge in [0.25, 0.3) is 0 Å². The number of nitrogens with zero attached hydrogens (tertiary/aromatic N) is 3. The number of H-pyrrole nitrogens is 1. The number of aromatic nitrogens is 2. The van der Waals surface area contributed by atoms with Crippen molar-refractivity contribution >= 4 is 11.8 Å². The Morgan fingerprint density at radius 2 is 1.91 bits per heavy atom. The molecular weight excluding hydrogens is 272 g/mol. The van der Waals surface area contributed by atoms with E-state index in [1.807, 2.05) is 13.1 Å². The number of piperazine rings is 1. The molecule has 1 aliphatic rings. The third-order valence-electron chi connectivity index (χ3n) is 4.36. The molecule has 0 bridgehead atoms. The lowest BCUT2D eigenvalue weighted by Crippen LogP contribution is -2.46. The van der Waals surface area contributed by atoms with Crippen molar-refractivity contribution in [3.63, 3.8) is 0 Å². The molecule has 0 amide bonds. The molecule has 1 N–H and O–H groups in total. The number of hydrogen-bond donors (Lipinski definition) is 1. The first-order chi connectivity index (χ1) is 10.7. The van der Waals surface area contributed by atoms with Crippen LogP contribution in [0.15, 0.2) is 36.5 Å². The summed E-state index contributed by atoms with van der Waals surface area (Å²) in [6.07, 6.45) is 6.27. The highest BCUT2D eigenvalue weighted by Crippen LogP contribution is 2.20. The second-order valence-electron chi connectivity index (χ2n) is 5.93. The number of para-hydroxylation sites is 1. The predicted octanol–water partition coefficient (Wildman–Crippen LogP) is 2.86. The van der Waals surface area contributed by atoms with Crippen molar-refractivity contribution in [3.8, 4) is 0 Å². The van der Waals surface area contributed by atoms with Crippen LogP contribution >= 0.6 is 0 Å². The Balaban J connectivity index is 1.51. The molecule has 1 aliphatic heterocycles. The molecule has 1 aromatic carbocycles. The zero-order chi connectivity index (χ0) is 15.4. The van der Waals surface area contributed by atoms with Gasteiger partial charge in [-0.3, -0.25) is 10.00 Å². The first-order valence-corrected chi connectivity index (χ1v) is 7.93. The van der Waals surface area contributed by atoms with E-state index in [0.29, 0.717) is 0 Å². The Morgan fingerprint density at radius 3 is 2.59 bits per heavy atom. The molecule has 1 saturated heterocycles. The van der Waals surface area contributed by atoms with E-state index in [9.17, 15) is 0 Å². The zero-order valence-electron chi connectivity index (χ0n) is 13.4. The van der Waals surface area contributed by atoms with Crippen molar-refractivity contribution in [3.05, 3.63) is 53.4 Å². The molecule has 0 saturated carbocycles. The van der Waals surface area contributed by atoms with E-state index < -0.39 is 0 Å². The average Bonchev–Trinajstić information content (AvgIpc) is 2.94. The minimum Gasteiger partial charge on any atom is -0.369 e. The molecule has 0 atom stereocenters. The second-order valence-corrected chi connectivity index (χ2v) is 5.93. The van der Waals surface area contributed by atoms with E-state index in [4.69, 9.17) is 0 Å². The molecule has 0 spiro atoms. The lowest BCUT2D eigenvalue weighted by atomic mass is 10.1. The van der Waals surface area contributed by atoms with Gasteiger partial charge in [0.1, 0.15) is 0 Å². The van der Waals surface area contributed by atoms with Gasteiger partial charge in [0.15, 0.2) is 0 Å². The van der Waals surface area contributed by atoms with Gasteiger partial charge in [0.05, 0.1) is 6.20 Å². The lowest BCUT2D eigenvalue weighted by molar-refractivity contribution is 0.284. The maximum Gasteiger partial charge on any atom is 0.0562 e. The molecule has 22 heavy (non-hydrogen) atoms. The Hall–Kier alpha value is -2.07. The van der Waals surface area contributed by atoms with Gasteiger partial charge < -0.3 is 4.90 Å². The number of anilines is 1. The Bertz CT molecular complexity index is 636. The van der Waals surface area contributed by atoms with E-state index in [0.717, 1.165) is 38.4 Å². The fourth-order valence-corrected chi connectivity index (χ4v) is 2.95. The third kappa shape index (κ3) is 3.39. The van der Waals surface area contributed by atoms with Crippen molar-refractivity contribution < 1.29 is 0 Å². The summed E-state index contributed by atoms with van der Waals surface area (Å²) < 4.78 is 0. The summed E-state index contributed by atoms with van der Waals surface area (Å²) >= 11 is 0. The van der Waals surface area contributed by atoms with Crippen molar-refractivity contribution in [1.82, 2.24) is 15.1 Å². The van der Waals surface area contributed by atoms with Crippen LogP contribution in [0.2, 0.25) is 0 Å². The topological polar surface area (TPSA) is 35.2 Å². The molecule has 4 heteroatoms. The number of aromatic amines is 1. The highest BCUT2D eigenvalue weighted by Gasteiger charge is 2.17. The second kappa shape index (κ2) is 6.79. The van der Waals surface area contributed by atoms with Crippen LogP contribution in [0.25, 0.3) is 6.08 Å². The molecule has 116 valence electrons. The highest BCUT2D eigenvalue weighted by molar-refractivity contribution is 5.53. The van der Waals surface area contributed by atoms with Gasteiger partial charge in [-0.1, -0.05) is 30.4 Å². The Kier molecular flexibility index (Phi) is 4.59. The molecule has 1 fully saturated rings. The van der Waals surface area contributed by atoms with Gasteiger partial charge in [-0.05, 0) is 25.5 Å². The standard InChI is InChI=1S/C18H24N4/c1-15-6-3-4-8-18(15)22-12-10-21(11-13-22)9-5-7-17-14-19-20-16(17)2/h3-8,14H,9-13H2,1-2H3,(H,19,20)/b7-5+. The molecule has 2 heterocycles. The largest absolute Gasteiger partial charge is 0.369 e. The Morgan fingerprint density at radius 1 is 1.14 bits per heavy atom. The average molecular weight is 296 g/mol. The van der Waals surface area contributed by atoms with Gasteiger partial charge in [0, 0.05) is 49.7 Å². The van der Waals surface area contributed by atoms with Crippen LogP contribution in [0, 0.1) is 13.8 Å². The fraction of sp³-hybridized carbons (Fsp3) is 0.389. The molecule has 2 aromatic rings. The van der Waals surface area contributed by atoms with Gasteiger partial charge in [-0.25, -0.2) is 0 Å². The summed E-state index contributed by atoms with van der Waals surface area (Å²) in [5.74, 6) is 0. The number of aryl methyl sites for hydroxylation is 2. The van der Waals surface area contributed by atoms with E-state index >= 15 is 0 Å². The molecule has 0 radical (unpaired) electrons. The molecule has 4 nitrogen and oxygen atoms in total. The lowest BCUT2D eigenvalue weighted by Gasteiger charge is -2.36. The normalized spacial score (nSPS) is 16.5. The van der Waals surface area contributed by atoms with E-state index in [1.165, 1.54) is 16.8 Å². The van der Waals surface area contributed by atoms with Crippen molar-refractivity contribution in [2.24, 2.45) is 0 Å². The summed E-state index contributed by atoms with van der Waals surface area (Å²) in [7, 11) is 0.